The minimum Gasteiger partial charge on any atom is -0.367 e. The van der Waals surface area contributed by atoms with E-state index in [0.29, 0.717) is 4.90 Å². The molecule has 1 atom stereocenters. The van der Waals surface area contributed by atoms with Crippen LogP contribution in [0, 0.1) is 0 Å². The maximum atomic E-state index is 11.3. The van der Waals surface area contributed by atoms with Crippen LogP contribution in [0.4, 0.5) is 0 Å². The SMILES string of the molecule is CS(=O)(=O)c1ccc(SC2CCCO2)cc1. The first-order valence-electron chi connectivity index (χ1n) is 5.14. The van der Waals surface area contributed by atoms with Crippen LogP contribution in [0.15, 0.2) is 34.1 Å². The highest BCUT2D eigenvalue weighted by Crippen LogP contribution is 2.31. The van der Waals surface area contributed by atoms with Crippen LogP contribution in [0.2, 0.25) is 0 Å². The van der Waals surface area contributed by atoms with Gasteiger partial charge in [-0.1, -0.05) is 11.8 Å². The topological polar surface area (TPSA) is 43.4 Å². The quantitative estimate of drug-likeness (QED) is 0.834. The van der Waals surface area contributed by atoms with Gasteiger partial charge < -0.3 is 4.74 Å². The van der Waals surface area contributed by atoms with Crippen molar-refractivity contribution in [1.29, 1.82) is 0 Å². The van der Waals surface area contributed by atoms with Crippen LogP contribution >= 0.6 is 11.8 Å². The van der Waals surface area contributed by atoms with Gasteiger partial charge in [-0.3, -0.25) is 0 Å². The summed E-state index contributed by atoms with van der Waals surface area (Å²) >= 11 is 1.65. The van der Waals surface area contributed by atoms with Crippen molar-refractivity contribution in [3.8, 4) is 0 Å². The average molecular weight is 258 g/mol. The molecule has 5 heteroatoms. The van der Waals surface area contributed by atoms with Crippen LogP contribution in [0.3, 0.4) is 0 Å². The Balaban J connectivity index is 2.07. The minimum atomic E-state index is -3.09. The number of thioether (sulfide) groups is 1. The van der Waals surface area contributed by atoms with E-state index in [1.54, 1.807) is 23.9 Å². The lowest BCUT2D eigenvalue weighted by Crippen LogP contribution is -1.99. The molecule has 0 spiro atoms. The second kappa shape index (κ2) is 4.77. The summed E-state index contributed by atoms with van der Waals surface area (Å²) in [6.07, 6.45) is 3.40. The smallest absolute Gasteiger partial charge is 0.175 e. The van der Waals surface area contributed by atoms with E-state index in [1.807, 2.05) is 12.1 Å². The first-order chi connectivity index (χ1) is 7.55. The maximum absolute atomic E-state index is 11.3. The van der Waals surface area contributed by atoms with Gasteiger partial charge in [0.25, 0.3) is 0 Å². The van der Waals surface area contributed by atoms with E-state index in [4.69, 9.17) is 4.74 Å². The normalized spacial score (nSPS) is 21.2. The summed E-state index contributed by atoms with van der Waals surface area (Å²) in [4.78, 5) is 1.42. The third kappa shape index (κ3) is 2.99. The summed E-state index contributed by atoms with van der Waals surface area (Å²) in [7, 11) is -3.09. The van der Waals surface area contributed by atoms with Gasteiger partial charge in [0.1, 0.15) is 5.44 Å². The number of hydrogen-bond acceptors (Lipinski definition) is 4. The van der Waals surface area contributed by atoms with Crippen molar-refractivity contribution in [3.63, 3.8) is 0 Å². The monoisotopic (exact) mass is 258 g/mol. The molecular weight excluding hydrogens is 244 g/mol. The third-order valence-corrected chi connectivity index (χ3v) is 4.71. The Morgan fingerprint density at radius 2 is 2.00 bits per heavy atom. The predicted molar refractivity (Wildman–Crippen MR) is 64.4 cm³/mol. The molecular formula is C11H14O3S2. The molecule has 1 aromatic carbocycles. The van der Waals surface area contributed by atoms with Crippen molar-refractivity contribution < 1.29 is 13.2 Å². The highest BCUT2D eigenvalue weighted by molar-refractivity contribution is 7.99. The fraction of sp³-hybridized carbons (Fsp3) is 0.455. The van der Waals surface area contributed by atoms with Crippen LogP contribution in [0.1, 0.15) is 12.8 Å². The van der Waals surface area contributed by atoms with Gasteiger partial charge >= 0.3 is 0 Å². The summed E-state index contributed by atoms with van der Waals surface area (Å²) in [5, 5.41) is 0. The van der Waals surface area contributed by atoms with Gasteiger partial charge in [0, 0.05) is 17.8 Å². The molecule has 0 N–H and O–H groups in total. The summed E-state index contributed by atoms with van der Waals surface area (Å²) in [5.74, 6) is 0. The largest absolute Gasteiger partial charge is 0.367 e. The van der Waals surface area contributed by atoms with Crippen molar-refractivity contribution in [2.45, 2.75) is 28.1 Å². The van der Waals surface area contributed by atoms with E-state index < -0.39 is 9.84 Å². The van der Waals surface area contributed by atoms with E-state index in [2.05, 4.69) is 0 Å². The Kier molecular flexibility index (Phi) is 3.56. The summed E-state index contributed by atoms with van der Waals surface area (Å²) in [6.45, 7) is 0.832. The Bertz CT molecular complexity index is 445. The van der Waals surface area contributed by atoms with Crippen LogP contribution < -0.4 is 0 Å². The first kappa shape index (κ1) is 12.0. The van der Waals surface area contributed by atoms with Gasteiger partial charge in [-0.15, -0.1) is 0 Å². The second-order valence-electron chi connectivity index (χ2n) is 3.80. The standard InChI is InChI=1S/C11H14O3S2/c1-16(12,13)10-6-4-9(5-7-10)15-11-3-2-8-14-11/h4-7,11H,2-3,8H2,1H3. The van der Waals surface area contributed by atoms with E-state index in [9.17, 15) is 8.42 Å². The van der Waals surface area contributed by atoms with Crippen molar-refractivity contribution in [2.24, 2.45) is 0 Å². The lowest BCUT2D eigenvalue weighted by Gasteiger charge is -2.08. The van der Waals surface area contributed by atoms with Crippen molar-refractivity contribution in [2.75, 3.05) is 12.9 Å². The molecule has 2 rings (SSSR count). The van der Waals surface area contributed by atoms with Crippen LogP contribution in [0.5, 0.6) is 0 Å². The Labute approximate surface area is 100 Å². The lowest BCUT2D eigenvalue weighted by atomic mass is 10.4. The van der Waals surface area contributed by atoms with Gasteiger partial charge in [-0.25, -0.2) is 8.42 Å². The lowest BCUT2D eigenvalue weighted by molar-refractivity contribution is 0.173. The predicted octanol–water partition coefficient (Wildman–Crippen LogP) is 2.32. The fourth-order valence-corrected chi connectivity index (χ4v) is 3.23. The van der Waals surface area contributed by atoms with Gasteiger partial charge in [0.15, 0.2) is 9.84 Å². The summed E-state index contributed by atoms with van der Waals surface area (Å²) < 4.78 is 28.0. The molecule has 88 valence electrons. The minimum absolute atomic E-state index is 0.226. The van der Waals surface area contributed by atoms with Crippen molar-refractivity contribution >= 4 is 21.6 Å². The second-order valence-corrected chi connectivity index (χ2v) is 7.05. The first-order valence-corrected chi connectivity index (χ1v) is 7.91. The number of sulfone groups is 1. The zero-order valence-corrected chi connectivity index (χ0v) is 10.7. The Hall–Kier alpha value is -0.520. The molecule has 0 amide bonds. The molecule has 1 fully saturated rings. The molecule has 0 radical (unpaired) electrons. The van der Waals surface area contributed by atoms with Gasteiger partial charge in [-0.05, 0) is 37.1 Å². The number of ether oxygens (including phenoxy) is 1. The molecule has 0 saturated carbocycles. The molecule has 1 heterocycles. The Morgan fingerprint density at radius 1 is 1.31 bits per heavy atom. The van der Waals surface area contributed by atoms with Crippen molar-refractivity contribution in [3.05, 3.63) is 24.3 Å². The number of benzene rings is 1. The fourth-order valence-electron chi connectivity index (χ4n) is 1.56. The van der Waals surface area contributed by atoms with E-state index in [0.717, 1.165) is 24.3 Å². The molecule has 1 aliphatic rings. The molecule has 16 heavy (non-hydrogen) atoms. The van der Waals surface area contributed by atoms with Gasteiger partial charge in [-0.2, -0.15) is 0 Å². The van der Waals surface area contributed by atoms with Crippen LogP contribution in [-0.4, -0.2) is 26.7 Å². The maximum Gasteiger partial charge on any atom is 0.175 e. The number of rotatable bonds is 3. The zero-order chi connectivity index (χ0) is 11.6. The van der Waals surface area contributed by atoms with E-state index in [-0.39, 0.29) is 5.44 Å². The molecule has 0 bridgehead atoms. The summed E-state index contributed by atoms with van der Waals surface area (Å²) in [6, 6.07) is 6.96. The van der Waals surface area contributed by atoms with Crippen LogP contribution in [0.25, 0.3) is 0 Å². The average Bonchev–Trinajstić information content (AvgIpc) is 2.70. The van der Waals surface area contributed by atoms with Gasteiger partial charge in [0.05, 0.1) is 4.90 Å². The number of hydrogen-bond donors (Lipinski definition) is 0. The van der Waals surface area contributed by atoms with Crippen LogP contribution in [-0.2, 0) is 14.6 Å². The highest BCUT2D eigenvalue weighted by atomic mass is 32.2. The molecule has 1 unspecified atom stereocenters. The van der Waals surface area contributed by atoms with Crippen molar-refractivity contribution in [1.82, 2.24) is 0 Å². The molecule has 0 aliphatic carbocycles. The molecule has 1 aromatic rings. The molecule has 0 aromatic heterocycles. The summed E-state index contributed by atoms with van der Waals surface area (Å²) in [5.41, 5.74) is 0.226. The Morgan fingerprint density at radius 3 is 2.50 bits per heavy atom. The molecule has 1 saturated heterocycles. The van der Waals surface area contributed by atoms with E-state index >= 15 is 0 Å². The van der Waals surface area contributed by atoms with E-state index in [1.165, 1.54) is 6.26 Å². The molecule has 1 aliphatic heterocycles. The van der Waals surface area contributed by atoms with Gasteiger partial charge in [0.2, 0.25) is 0 Å². The highest BCUT2D eigenvalue weighted by Gasteiger charge is 2.16. The zero-order valence-electron chi connectivity index (χ0n) is 9.05. The third-order valence-electron chi connectivity index (χ3n) is 2.41. The molecule has 3 nitrogen and oxygen atoms in total.